The van der Waals surface area contributed by atoms with Crippen molar-refractivity contribution in [1.29, 1.82) is 0 Å². The Labute approximate surface area is 168 Å². The highest BCUT2D eigenvalue weighted by molar-refractivity contribution is 6.30. The Hall–Kier alpha value is -2.71. The monoisotopic (exact) mass is 399 g/mol. The molecule has 0 aliphatic carbocycles. The number of benzene rings is 1. The summed E-state index contributed by atoms with van der Waals surface area (Å²) in [7, 11) is 0. The van der Waals surface area contributed by atoms with Gasteiger partial charge in [0.2, 0.25) is 5.91 Å². The maximum Gasteiger partial charge on any atom is 0.254 e. The number of piperazine rings is 1. The lowest BCUT2D eigenvalue weighted by Gasteiger charge is -2.35. The number of hydrogen-bond acceptors (Lipinski definition) is 6. The molecule has 0 bridgehead atoms. The number of carbonyl (C=O) groups excluding carboxylic acids is 1. The van der Waals surface area contributed by atoms with Gasteiger partial charge >= 0.3 is 0 Å². The number of aryl methyl sites for hydroxylation is 1. The molecule has 0 atom stereocenters. The molecule has 1 aromatic carbocycles. The second-order valence-electron chi connectivity index (χ2n) is 6.75. The normalized spacial score (nSPS) is 15.1. The summed E-state index contributed by atoms with van der Waals surface area (Å²) in [5, 5.41) is 7.87. The summed E-state index contributed by atoms with van der Waals surface area (Å²) >= 11 is 5.88. The smallest absolute Gasteiger partial charge is 0.254 e. The molecule has 1 aliphatic rings. The molecule has 1 saturated heterocycles. The molecule has 1 fully saturated rings. The van der Waals surface area contributed by atoms with Gasteiger partial charge in [-0.2, -0.15) is 14.6 Å². The topological polar surface area (TPSA) is 78.7 Å². The van der Waals surface area contributed by atoms with E-state index in [0.717, 1.165) is 49.8 Å². The summed E-state index contributed by atoms with van der Waals surface area (Å²) in [4.78, 5) is 25.5. The van der Waals surface area contributed by atoms with E-state index in [1.807, 2.05) is 0 Å². The maximum absolute atomic E-state index is 12.3. The van der Waals surface area contributed by atoms with Crippen LogP contribution in [0.3, 0.4) is 0 Å². The van der Waals surface area contributed by atoms with Crippen LogP contribution in [0.4, 0.5) is 11.5 Å². The number of nitrogens with zero attached hydrogens (tertiary/aromatic N) is 6. The van der Waals surface area contributed by atoms with Crippen LogP contribution < -0.4 is 10.2 Å². The lowest BCUT2D eigenvalue weighted by molar-refractivity contribution is -0.117. The Bertz CT molecular complexity index is 964. The molecule has 28 heavy (non-hydrogen) atoms. The van der Waals surface area contributed by atoms with Crippen molar-refractivity contribution in [3.63, 3.8) is 0 Å². The Morgan fingerprint density at radius 2 is 1.93 bits per heavy atom. The van der Waals surface area contributed by atoms with Crippen LogP contribution in [-0.2, 0) is 11.2 Å². The van der Waals surface area contributed by atoms with E-state index in [1.165, 1.54) is 6.33 Å². The van der Waals surface area contributed by atoms with E-state index in [9.17, 15) is 4.79 Å². The Balaban J connectivity index is 1.36. The van der Waals surface area contributed by atoms with Gasteiger partial charge in [0.15, 0.2) is 0 Å². The number of rotatable bonds is 5. The van der Waals surface area contributed by atoms with Crippen molar-refractivity contribution >= 4 is 34.8 Å². The summed E-state index contributed by atoms with van der Waals surface area (Å²) < 4.78 is 1.78. The van der Waals surface area contributed by atoms with Crippen LogP contribution in [0.15, 0.2) is 36.7 Å². The van der Waals surface area contributed by atoms with Gasteiger partial charge in [0.1, 0.15) is 12.1 Å². The van der Waals surface area contributed by atoms with Gasteiger partial charge in [-0.05, 0) is 30.7 Å². The predicted molar refractivity (Wildman–Crippen MR) is 109 cm³/mol. The van der Waals surface area contributed by atoms with Gasteiger partial charge in [-0.15, -0.1) is 0 Å². The van der Waals surface area contributed by atoms with Crippen LogP contribution in [0, 0.1) is 0 Å². The highest BCUT2D eigenvalue weighted by Gasteiger charge is 2.22. The fourth-order valence-electron chi connectivity index (χ4n) is 3.32. The van der Waals surface area contributed by atoms with E-state index < -0.39 is 0 Å². The number of anilines is 2. The number of carbonyl (C=O) groups is 1. The minimum atomic E-state index is -0.0216. The molecule has 2 aromatic heterocycles. The highest BCUT2D eigenvalue weighted by Crippen LogP contribution is 2.19. The van der Waals surface area contributed by atoms with Crippen molar-refractivity contribution in [1.82, 2.24) is 24.5 Å². The molecule has 1 N–H and O–H groups in total. The van der Waals surface area contributed by atoms with Gasteiger partial charge in [-0.1, -0.05) is 18.5 Å². The van der Waals surface area contributed by atoms with E-state index in [0.29, 0.717) is 17.3 Å². The average Bonchev–Trinajstić information content (AvgIpc) is 3.18. The summed E-state index contributed by atoms with van der Waals surface area (Å²) in [5.74, 6) is 1.61. The highest BCUT2D eigenvalue weighted by atomic mass is 35.5. The molecule has 9 heteroatoms. The van der Waals surface area contributed by atoms with Gasteiger partial charge < -0.3 is 10.2 Å². The van der Waals surface area contributed by atoms with Gasteiger partial charge in [0, 0.05) is 48.6 Å². The SMILES string of the molecule is CCc1cc(N2CCN(CC(=O)Nc3ccc(Cl)cc3)CC2)n2ncnc2n1. The fraction of sp³-hybridized carbons (Fsp3) is 0.368. The molecule has 0 radical (unpaired) electrons. The quantitative estimate of drug-likeness (QED) is 0.707. The van der Waals surface area contributed by atoms with Gasteiger partial charge in [-0.3, -0.25) is 9.69 Å². The number of nitrogens with one attached hydrogen (secondary N) is 1. The lowest BCUT2D eigenvalue weighted by Crippen LogP contribution is -2.49. The van der Waals surface area contributed by atoms with Crippen LogP contribution in [0.5, 0.6) is 0 Å². The number of amides is 1. The molecule has 1 aliphatic heterocycles. The van der Waals surface area contributed by atoms with Crippen LogP contribution in [-0.4, -0.2) is 63.1 Å². The molecule has 8 nitrogen and oxygen atoms in total. The number of halogens is 1. The zero-order valence-corrected chi connectivity index (χ0v) is 16.4. The average molecular weight is 400 g/mol. The molecule has 146 valence electrons. The van der Waals surface area contributed by atoms with E-state index in [2.05, 4.69) is 43.2 Å². The summed E-state index contributed by atoms with van der Waals surface area (Å²) in [6, 6.07) is 9.21. The molecule has 0 spiro atoms. The first-order valence-corrected chi connectivity index (χ1v) is 9.72. The zero-order valence-electron chi connectivity index (χ0n) is 15.7. The first-order chi connectivity index (χ1) is 13.6. The third-order valence-electron chi connectivity index (χ3n) is 4.84. The molecule has 3 aromatic rings. The largest absolute Gasteiger partial charge is 0.354 e. The van der Waals surface area contributed by atoms with Crippen LogP contribution in [0.25, 0.3) is 5.78 Å². The van der Waals surface area contributed by atoms with Crippen molar-refractivity contribution in [2.24, 2.45) is 0 Å². The van der Waals surface area contributed by atoms with Gasteiger partial charge in [0.25, 0.3) is 5.78 Å². The molecule has 1 amide bonds. The zero-order chi connectivity index (χ0) is 19.5. The minimum Gasteiger partial charge on any atom is -0.354 e. The fourth-order valence-corrected chi connectivity index (χ4v) is 3.45. The Morgan fingerprint density at radius 1 is 1.18 bits per heavy atom. The first-order valence-electron chi connectivity index (χ1n) is 9.35. The van der Waals surface area contributed by atoms with E-state index in [-0.39, 0.29) is 5.91 Å². The maximum atomic E-state index is 12.3. The lowest BCUT2D eigenvalue weighted by atomic mass is 10.2. The molecule has 4 rings (SSSR count). The van der Waals surface area contributed by atoms with Crippen LogP contribution in [0.2, 0.25) is 5.02 Å². The third kappa shape index (κ3) is 4.07. The third-order valence-corrected chi connectivity index (χ3v) is 5.09. The number of aromatic nitrogens is 4. The number of fused-ring (bicyclic) bond motifs is 1. The minimum absolute atomic E-state index is 0.0216. The van der Waals surface area contributed by atoms with E-state index >= 15 is 0 Å². The molecule has 3 heterocycles. The van der Waals surface area contributed by atoms with Gasteiger partial charge in [-0.25, -0.2) is 4.98 Å². The summed E-state index contributed by atoms with van der Waals surface area (Å²) in [6.45, 7) is 5.68. The van der Waals surface area contributed by atoms with Crippen LogP contribution in [0.1, 0.15) is 12.6 Å². The Kier molecular flexibility index (Phi) is 5.40. The van der Waals surface area contributed by atoms with Crippen molar-refractivity contribution in [2.75, 3.05) is 42.9 Å². The standard InChI is InChI=1S/C19H22ClN7O/c1-2-15-11-18(27-19(24-15)21-13-22-27)26-9-7-25(8-10-26)12-17(28)23-16-5-3-14(20)4-6-16/h3-6,11,13H,2,7-10,12H2,1H3,(H,23,28). The predicted octanol–water partition coefficient (Wildman–Crippen LogP) is 2.10. The molecular weight excluding hydrogens is 378 g/mol. The van der Waals surface area contributed by atoms with Crippen molar-refractivity contribution < 1.29 is 4.79 Å². The van der Waals surface area contributed by atoms with Crippen molar-refractivity contribution in [3.8, 4) is 0 Å². The van der Waals surface area contributed by atoms with E-state index in [1.54, 1.807) is 28.8 Å². The first kappa shape index (κ1) is 18.6. The second kappa shape index (κ2) is 8.12. The molecular formula is C19H22ClN7O. The van der Waals surface area contributed by atoms with Crippen LogP contribution >= 0.6 is 11.6 Å². The number of hydrogen-bond donors (Lipinski definition) is 1. The van der Waals surface area contributed by atoms with Gasteiger partial charge in [0.05, 0.1) is 6.54 Å². The summed E-state index contributed by atoms with van der Waals surface area (Å²) in [5.41, 5.74) is 1.76. The second-order valence-corrected chi connectivity index (χ2v) is 7.19. The van der Waals surface area contributed by atoms with Crippen molar-refractivity contribution in [3.05, 3.63) is 47.4 Å². The van der Waals surface area contributed by atoms with Crippen molar-refractivity contribution in [2.45, 2.75) is 13.3 Å². The summed E-state index contributed by atoms with van der Waals surface area (Å²) in [6.07, 6.45) is 2.38. The molecule has 0 unspecified atom stereocenters. The molecule has 0 saturated carbocycles. The Morgan fingerprint density at radius 3 is 2.64 bits per heavy atom. The van der Waals surface area contributed by atoms with E-state index in [4.69, 9.17) is 11.6 Å².